The second kappa shape index (κ2) is 8.80. The predicted molar refractivity (Wildman–Crippen MR) is 137 cm³/mol. The first-order valence-electron chi connectivity index (χ1n) is 11.8. The van der Waals surface area contributed by atoms with Gasteiger partial charge in [0.05, 0.1) is 11.4 Å². The number of rotatable bonds is 5. The van der Waals surface area contributed by atoms with Crippen molar-refractivity contribution in [2.75, 3.05) is 5.32 Å². The number of anilines is 1. The number of fused-ring (bicyclic) bond motifs is 3. The van der Waals surface area contributed by atoms with Gasteiger partial charge in [-0.3, -0.25) is 9.89 Å². The average Bonchev–Trinajstić information content (AvgIpc) is 3.48. The third kappa shape index (κ3) is 3.80. The number of benzene rings is 4. The van der Waals surface area contributed by atoms with E-state index in [9.17, 15) is 18.7 Å². The third-order valence-electron chi connectivity index (χ3n) is 6.78. The van der Waals surface area contributed by atoms with Crippen LogP contribution in [0.5, 0.6) is 0 Å². The molecular formula is C30H21F2N3O2. The molecule has 0 saturated heterocycles. The van der Waals surface area contributed by atoms with E-state index in [1.54, 1.807) is 54.6 Å². The number of amides is 1. The highest BCUT2D eigenvalue weighted by molar-refractivity contribution is 6.00. The lowest BCUT2D eigenvalue weighted by atomic mass is 9.84. The van der Waals surface area contributed by atoms with E-state index in [2.05, 4.69) is 27.6 Å². The van der Waals surface area contributed by atoms with Crippen molar-refractivity contribution in [1.82, 2.24) is 10.2 Å². The Labute approximate surface area is 211 Å². The summed E-state index contributed by atoms with van der Waals surface area (Å²) in [6.07, 6.45) is 0.739. The van der Waals surface area contributed by atoms with E-state index in [0.717, 1.165) is 46.6 Å². The molecule has 0 saturated carbocycles. The molecule has 0 radical (unpaired) electrons. The highest BCUT2D eigenvalue weighted by atomic mass is 19.1. The predicted octanol–water partition coefficient (Wildman–Crippen LogP) is 5.80. The minimum atomic E-state index is -2.42. The van der Waals surface area contributed by atoms with Gasteiger partial charge >= 0.3 is 0 Å². The van der Waals surface area contributed by atoms with E-state index in [4.69, 9.17) is 0 Å². The molecule has 5 nitrogen and oxygen atoms in total. The van der Waals surface area contributed by atoms with Crippen LogP contribution in [-0.4, -0.2) is 21.2 Å². The molecule has 6 rings (SSSR count). The van der Waals surface area contributed by atoms with Crippen molar-refractivity contribution in [3.63, 3.8) is 0 Å². The third-order valence-corrected chi connectivity index (χ3v) is 6.78. The van der Waals surface area contributed by atoms with Crippen LogP contribution in [0, 0.1) is 11.6 Å². The summed E-state index contributed by atoms with van der Waals surface area (Å²) in [6, 6.07) is 26.0. The summed E-state index contributed by atoms with van der Waals surface area (Å²) in [5, 5.41) is 22.0. The van der Waals surface area contributed by atoms with Gasteiger partial charge in [0, 0.05) is 40.4 Å². The minimum Gasteiger partial charge on any atom is -0.372 e. The number of halogens is 2. The molecule has 3 N–H and O–H groups in total. The number of hydrogen-bond donors (Lipinski definition) is 3. The van der Waals surface area contributed by atoms with Crippen LogP contribution in [0.25, 0.3) is 22.5 Å². The molecule has 1 aromatic heterocycles. The topological polar surface area (TPSA) is 78.0 Å². The molecule has 1 aliphatic rings. The zero-order valence-corrected chi connectivity index (χ0v) is 19.5. The van der Waals surface area contributed by atoms with Crippen LogP contribution >= 0.6 is 0 Å². The van der Waals surface area contributed by atoms with Crippen LogP contribution < -0.4 is 5.32 Å². The molecule has 0 aliphatic heterocycles. The molecule has 1 unspecified atom stereocenters. The summed E-state index contributed by atoms with van der Waals surface area (Å²) in [5.74, 6) is -2.71. The number of H-pyrrole nitrogens is 1. The lowest BCUT2D eigenvalue weighted by Crippen LogP contribution is -2.42. The van der Waals surface area contributed by atoms with E-state index in [-0.39, 0.29) is 11.1 Å². The van der Waals surface area contributed by atoms with Crippen molar-refractivity contribution in [3.8, 4) is 22.5 Å². The highest BCUT2D eigenvalue weighted by Gasteiger charge is 2.42. The molecule has 4 aromatic carbocycles. The first-order chi connectivity index (χ1) is 17.9. The SMILES string of the molecule is O=C(Nc1ccccc1)C(O)(c1ccc(-c2n[nH]c3c2Cc2ccccc2-3)cc1)c1ccc(F)cc1F. The summed E-state index contributed by atoms with van der Waals surface area (Å²) in [4.78, 5) is 13.4. The van der Waals surface area contributed by atoms with Crippen molar-refractivity contribution in [2.45, 2.75) is 12.0 Å². The van der Waals surface area contributed by atoms with Crippen LogP contribution in [0.2, 0.25) is 0 Å². The fraction of sp³-hybridized carbons (Fsp3) is 0.0667. The second-order valence-corrected chi connectivity index (χ2v) is 8.99. The van der Waals surface area contributed by atoms with Gasteiger partial charge in [0.15, 0.2) is 5.60 Å². The number of aromatic amines is 1. The molecule has 0 fully saturated rings. The number of aromatic nitrogens is 2. The maximum Gasteiger partial charge on any atom is 0.265 e. The van der Waals surface area contributed by atoms with Gasteiger partial charge in [-0.2, -0.15) is 5.10 Å². The van der Waals surface area contributed by atoms with Gasteiger partial charge in [-0.15, -0.1) is 0 Å². The number of carbonyl (C=O) groups is 1. The summed E-state index contributed by atoms with van der Waals surface area (Å²) < 4.78 is 28.6. The van der Waals surface area contributed by atoms with Crippen molar-refractivity contribution >= 4 is 11.6 Å². The van der Waals surface area contributed by atoms with Crippen LogP contribution in [0.1, 0.15) is 22.3 Å². The molecule has 5 aromatic rings. The fourth-order valence-electron chi connectivity index (χ4n) is 4.91. The molecule has 7 heteroatoms. The number of carbonyl (C=O) groups excluding carboxylic acids is 1. The fourth-order valence-corrected chi connectivity index (χ4v) is 4.91. The van der Waals surface area contributed by atoms with Crippen LogP contribution in [0.3, 0.4) is 0 Å². The molecule has 1 atom stereocenters. The Morgan fingerprint density at radius 1 is 0.919 bits per heavy atom. The van der Waals surface area contributed by atoms with Crippen molar-refractivity contribution in [2.24, 2.45) is 0 Å². The molecule has 1 amide bonds. The minimum absolute atomic E-state index is 0.130. The van der Waals surface area contributed by atoms with Gasteiger partial charge < -0.3 is 10.4 Å². The van der Waals surface area contributed by atoms with E-state index < -0.39 is 23.1 Å². The first-order valence-corrected chi connectivity index (χ1v) is 11.8. The largest absolute Gasteiger partial charge is 0.372 e. The van der Waals surface area contributed by atoms with Crippen LogP contribution in [0.15, 0.2) is 97.1 Å². The van der Waals surface area contributed by atoms with Crippen LogP contribution in [-0.2, 0) is 16.8 Å². The maximum atomic E-state index is 14.9. The van der Waals surface area contributed by atoms with Crippen molar-refractivity contribution < 1.29 is 18.7 Å². The molecule has 0 spiro atoms. The van der Waals surface area contributed by atoms with E-state index >= 15 is 0 Å². The molecule has 182 valence electrons. The Hall–Kier alpha value is -4.62. The zero-order chi connectivity index (χ0) is 25.6. The van der Waals surface area contributed by atoms with Gasteiger partial charge in [0.1, 0.15) is 11.6 Å². The van der Waals surface area contributed by atoms with Gasteiger partial charge in [-0.05, 0) is 35.4 Å². The Kier molecular flexibility index (Phi) is 5.43. The smallest absolute Gasteiger partial charge is 0.265 e. The second-order valence-electron chi connectivity index (χ2n) is 8.99. The number of nitrogens with zero attached hydrogens (tertiary/aromatic N) is 1. The van der Waals surface area contributed by atoms with Crippen molar-refractivity contribution in [1.29, 1.82) is 0 Å². The van der Waals surface area contributed by atoms with Gasteiger partial charge in [0.25, 0.3) is 5.91 Å². The van der Waals surface area contributed by atoms with E-state index in [0.29, 0.717) is 11.8 Å². The molecular weight excluding hydrogens is 472 g/mol. The quantitative estimate of drug-likeness (QED) is 0.284. The Bertz CT molecular complexity index is 1630. The monoisotopic (exact) mass is 493 g/mol. The molecule has 0 bridgehead atoms. The Balaban J connectivity index is 1.40. The van der Waals surface area contributed by atoms with Gasteiger partial charge in [-0.25, -0.2) is 8.78 Å². The number of hydrogen-bond acceptors (Lipinski definition) is 3. The highest BCUT2D eigenvalue weighted by Crippen LogP contribution is 2.40. The average molecular weight is 494 g/mol. The Morgan fingerprint density at radius 2 is 1.65 bits per heavy atom. The first kappa shape index (κ1) is 22.8. The number of para-hydroxylation sites is 1. The molecule has 37 heavy (non-hydrogen) atoms. The molecule has 1 heterocycles. The van der Waals surface area contributed by atoms with Gasteiger partial charge in [0.2, 0.25) is 0 Å². The van der Waals surface area contributed by atoms with Gasteiger partial charge in [-0.1, -0.05) is 66.7 Å². The lowest BCUT2D eigenvalue weighted by Gasteiger charge is -2.28. The normalized spacial score (nSPS) is 13.5. The standard InChI is InChI=1S/C30H21F2N3O2/c31-21-14-15-25(26(32)17-21)30(37,29(36)33-22-7-2-1-3-8-22)20-12-10-18(11-13-20)27-24-16-19-6-4-5-9-23(19)28(24)35-34-27/h1-15,17,37H,16H2,(H,33,36)(H,34,35). The van der Waals surface area contributed by atoms with E-state index in [1.807, 2.05) is 12.1 Å². The molecule has 1 aliphatic carbocycles. The number of nitrogens with one attached hydrogen (secondary N) is 2. The summed E-state index contributed by atoms with van der Waals surface area (Å²) in [7, 11) is 0. The maximum absolute atomic E-state index is 14.9. The Morgan fingerprint density at radius 3 is 2.41 bits per heavy atom. The van der Waals surface area contributed by atoms with Crippen molar-refractivity contribution in [3.05, 3.63) is 131 Å². The number of aliphatic hydroxyl groups is 1. The van der Waals surface area contributed by atoms with Crippen LogP contribution in [0.4, 0.5) is 14.5 Å². The summed E-state index contributed by atoms with van der Waals surface area (Å²) >= 11 is 0. The van der Waals surface area contributed by atoms with E-state index in [1.165, 1.54) is 5.56 Å². The lowest BCUT2D eigenvalue weighted by molar-refractivity contribution is -0.131. The zero-order valence-electron chi connectivity index (χ0n) is 19.5. The summed E-state index contributed by atoms with van der Waals surface area (Å²) in [6.45, 7) is 0. The summed E-state index contributed by atoms with van der Waals surface area (Å²) in [5.41, 5.74) is 3.69.